The Kier molecular flexibility index (Phi) is 5.99. The summed E-state index contributed by atoms with van der Waals surface area (Å²) >= 11 is 0. The maximum atomic E-state index is 13.4. The fourth-order valence-electron chi connectivity index (χ4n) is 3.76. The largest absolute Gasteiger partial charge is 0.354 e. The van der Waals surface area contributed by atoms with Crippen molar-refractivity contribution in [1.82, 2.24) is 14.5 Å². The Morgan fingerprint density at radius 1 is 1.03 bits per heavy atom. The lowest BCUT2D eigenvalue weighted by molar-refractivity contribution is 0.386. The topological polar surface area (TPSA) is 84.3 Å². The van der Waals surface area contributed by atoms with Gasteiger partial charge in [-0.3, -0.25) is 14.5 Å². The Bertz CT molecular complexity index is 1460. The molecule has 0 radical (unpaired) electrons. The highest BCUT2D eigenvalue weighted by atomic mass is 32.2. The molecule has 32 heavy (non-hydrogen) atoms. The number of hydrogen-bond acceptors (Lipinski definition) is 5. The van der Waals surface area contributed by atoms with Crippen molar-refractivity contribution in [2.75, 3.05) is 31.6 Å². The molecule has 0 saturated heterocycles. The fraction of sp³-hybridized carbons (Fsp3) is 0.250. The van der Waals surface area contributed by atoms with Gasteiger partial charge in [-0.1, -0.05) is 12.1 Å². The Morgan fingerprint density at radius 2 is 1.81 bits per heavy atom. The minimum absolute atomic E-state index is 0.183. The van der Waals surface area contributed by atoms with Gasteiger partial charge in [0.1, 0.15) is 0 Å². The Hall–Kier alpha value is -3.23. The summed E-state index contributed by atoms with van der Waals surface area (Å²) in [5, 5.41) is 1.66. The Balaban J connectivity index is 1.76. The van der Waals surface area contributed by atoms with Crippen LogP contribution in [0.25, 0.3) is 32.8 Å². The van der Waals surface area contributed by atoms with E-state index in [-0.39, 0.29) is 5.43 Å². The van der Waals surface area contributed by atoms with Crippen molar-refractivity contribution < 1.29 is 8.42 Å². The van der Waals surface area contributed by atoms with E-state index in [9.17, 15) is 13.2 Å². The first kappa shape index (κ1) is 22.0. The summed E-state index contributed by atoms with van der Waals surface area (Å²) in [6.45, 7) is 1.94. The first-order valence-corrected chi connectivity index (χ1v) is 12.2. The molecule has 0 amide bonds. The van der Waals surface area contributed by atoms with Gasteiger partial charge in [-0.15, -0.1) is 0 Å². The summed E-state index contributed by atoms with van der Waals surface area (Å²) in [6, 6.07) is 12.5. The minimum Gasteiger partial charge on any atom is -0.354 e. The predicted molar refractivity (Wildman–Crippen MR) is 131 cm³/mol. The number of nitrogens with one attached hydrogen (secondary N) is 1. The second-order valence-corrected chi connectivity index (χ2v) is 10.0. The first-order valence-electron chi connectivity index (χ1n) is 10.4. The number of sulfonamides is 1. The summed E-state index contributed by atoms with van der Waals surface area (Å²) < 4.78 is 27.8. The number of benzene rings is 1. The van der Waals surface area contributed by atoms with Crippen molar-refractivity contribution in [3.05, 3.63) is 71.3 Å². The van der Waals surface area contributed by atoms with Crippen LogP contribution in [-0.2, 0) is 16.6 Å². The molecule has 0 aliphatic rings. The molecule has 166 valence electrons. The maximum Gasteiger partial charge on any atom is 0.229 e. The van der Waals surface area contributed by atoms with E-state index in [4.69, 9.17) is 0 Å². The van der Waals surface area contributed by atoms with Crippen LogP contribution >= 0.6 is 0 Å². The van der Waals surface area contributed by atoms with Gasteiger partial charge in [-0.25, -0.2) is 8.42 Å². The summed E-state index contributed by atoms with van der Waals surface area (Å²) in [5.74, 6) is 0. The first-order chi connectivity index (χ1) is 15.2. The average Bonchev–Trinajstić information content (AvgIpc) is 3.14. The molecule has 0 bridgehead atoms. The molecular formula is C24H26N4O3S. The highest BCUT2D eigenvalue weighted by Crippen LogP contribution is 2.24. The average molecular weight is 451 g/mol. The van der Waals surface area contributed by atoms with Gasteiger partial charge in [-0.05, 0) is 62.8 Å². The Morgan fingerprint density at radius 3 is 2.56 bits per heavy atom. The molecular weight excluding hydrogens is 424 g/mol. The SMILES string of the molecule is CN(C)CCCn1ccc(-c2cnc3ccc4ccc(NS(C)(=O)=O)cc4c(=O)c3c2)c1. The maximum absolute atomic E-state index is 13.4. The van der Waals surface area contributed by atoms with Crippen LogP contribution in [0, 0.1) is 0 Å². The minimum atomic E-state index is -3.44. The predicted octanol–water partition coefficient (Wildman–Crippen LogP) is 3.54. The van der Waals surface area contributed by atoms with Gasteiger partial charge in [-0.2, -0.15) is 0 Å². The quantitative estimate of drug-likeness (QED) is 0.466. The molecule has 0 saturated carbocycles. The van der Waals surface area contributed by atoms with Gasteiger partial charge in [0.2, 0.25) is 10.0 Å². The lowest BCUT2D eigenvalue weighted by Gasteiger charge is -2.09. The molecule has 1 N–H and O–H groups in total. The van der Waals surface area contributed by atoms with Crippen molar-refractivity contribution in [2.24, 2.45) is 0 Å². The molecule has 8 heteroatoms. The van der Waals surface area contributed by atoms with Crippen molar-refractivity contribution in [3.63, 3.8) is 0 Å². The third-order valence-electron chi connectivity index (χ3n) is 5.29. The molecule has 2 heterocycles. The highest BCUT2D eigenvalue weighted by Gasteiger charge is 2.09. The molecule has 2 aromatic heterocycles. The van der Waals surface area contributed by atoms with Crippen LogP contribution in [0.2, 0.25) is 0 Å². The van der Waals surface area contributed by atoms with Gasteiger partial charge in [0.15, 0.2) is 5.43 Å². The molecule has 0 aliphatic carbocycles. The van der Waals surface area contributed by atoms with Crippen LogP contribution < -0.4 is 10.2 Å². The number of pyridine rings is 1. The summed E-state index contributed by atoms with van der Waals surface area (Å²) in [4.78, 5) is 20.1. The van der Waals surface area contributed by atoms with E-state index >= 15 is 0 Å². The number of fused-ring (bicyclic) bond motifs is 2. The molecule has 0 aliphatic heterocycles. The van der Waals surface area contributed by atoms with E-state index in [0.717, 1.165) is 42.3 Å². The molecule has 4 rings (SSSR count). The lowest BCUT2D eigenvalue weighted by atomic mass is 10.1. The number of rotatable bonds is 7. The number of hydrogen-bond donors (Lipinski definition) is 1. The van der Waals surface area contributed by atoms with Gasteiger partial charge in [0.05, 0.1) is 11.8 Å². The van der Waals surface area contributed by atoms with Gasteiger partial charge in [0, 0.05) is 52.7 Å². The highest BCUT2D eigenvalue weighted by molar-refractivity contribution is 7.92. The van der Waals surface area contributed by atoms with E-state index in [1.54, 1.807) is 24.4 Å². The molecule has 7 nitrogen and oxygen atoms in total. The van der Waals surface area contributed by atoms with Crippen LogP contribution in [0.15, 0.2) is 65.8 Å². The monoisotopic (exact) mass is 450 g/mol. The second-order valence-electron chi connectivity index (χ2n) is 8.29. The molecule has 0 unspecified atom stereocenters. The molecule has 0 fully saturated rings. The molecule has 2 aromatic carbocycles. The fourth-order valence-corrected chi connectivity index (χ4v) is 4.31. The van der Waals surface area contributed by atoms with Crippen molar-refractivity contribution >= 4 is 37.4 Å². The smallest absolute Gasteiger partial charge is 0.229 e. The van der Waals surface area contributed by atoms with Crippen molar-refractivity contribution in [1.29, 1.82) is 0 Å². The van der Waals surface area contributed by atoms with Crippen LogP contribution in [0.3, 0.4) is 0 Å². The number of anilines is 1. The van der Waals surface area contributed by atoms with Gasteiger partial charge >= 0.3 is 0 Å². The van der Waals surface area contributed by atoms with Crippen LogP contribution in [0.1, 0.15) is 6.42 Å². The third-order valence-corrected chi connectivity index (χ3v) is 5.90. The second kappa shape index (κ2) is 8.72. The molecule has 0 spiro atoms. The Labute approximate surface area is 187 Å². The van der Waals surface area contributed by atoms with E-state index in [1.807, 2.05) is 30.5 Å². The van der Waals surface area contributed by atoms with Crippen molar-refractivity contribution in [3.8, 4) is 11.1 Å². The van der Waals surface area contributed by atoms with Crippen LogP contribution in [0.5, 0.6) is 0 Å². The van der Waals surface area contributed by atoms with Gasteiger partial charge < -0.3 is 9.47 Å². The molecule has 4 aromatic rings. The van der Waals surface area contributed by atoms with Crippen LogP contribution in [-0.4, -0.2) is 49.8 Å². The molecule has 0 atom stereocenters. The summed E-state index contributed by atoms with van der Waals surface area (Å²) in [6.07, 6.45) is 8.02. The van der Waals surface area contributed by atoms with E-state index in [2.05, 4.69) is 39.5 Å². The third kappa shape index (κ3) is 4.98. The van der Waals surface area contributed by atoms with Crippen molar-refractivity contribution in [2.45, 2.75) is 13.0 Å². The lowest BCUT2D eigenvalue weighted by Crippen LogP contribution is -2.14. The number of aryl methyl sites for hydroxylation is 1. The van der Waals surface area contributed by atoms with Gasteiger partial charge in [0.25, 0.3) is 0 Å². The normalized spacial score (nSPS) is 12.0. The number of aromatic nitrogens is 2. The zero-order chi connectivity index (χ0) is 22.9. The summed E-state index contributed by atoms with van der Waals surface area (Å²) in [5.41, 5.74) is 2.63. The van der Waals surface area contributed by atoms with E-state index in [0.29, 0.717) is 22.0 Å². The van der Waals surface area contributed by atoms with E-state index < -0.39 is 10.0 Å². The van der Waals surface area contributed by atoms with E-state index in [1.165, 1.54) is 0 Å². The van der Waals surface area contributed by atoms with Crippen LogP contribution in [0.4, 0.5) is 5.69 Å². The summed E-state index contributed by atoms with van der Waals surface area (Å²) in [7, 11) is 0.684. The zero-order valence-corrected chi connectivity index (χ0v) is 19.2. The standard InChI is InChI=1S/C24H26N4O3S/c1-27(2)10-4-11-28-12-9-18(16-28)19-13-22-23(25-15-19)8-6-17-5-7-20(26-32(3,30)31)14-21(17)24(22)29/h5-9,12-16,26H,4,10-11H2,1-3H3. The zero-order valence-electron chi connectivity index (χ0n) is 18.4. The number of nitrogens with zero attached hydrogens (tertiary/aromatic N) is 3.